The predicted molar refractivity (Wildman–Crippen MR) is 81.6 cm³/mol. The number of benzene rings is 1. The van der Waals surface area contributed by atoms with Crippen molar-refractivity contribution in [2.24, 2.45) is 18.0 Å². The Labute approximate surface area is 122 Å². The number of carbonyl (C=O) groups is 1. The minimum atomic E-state index is 0.0282. The molecule has 1 N–H and O–H groups in total. The summed E-state index contributed by atoms with van der Waals surface area (Å²) in [5, 5.41) is 3.37. The van der Waals surface area contributed by atoms with Crippen molar-refractivity contribution in [3.8, 4) is 0 Å². The summed E-state index contributed by atoms with van der Waals surface area (Å²) in [5.41, 5.74) is 1.13. The van der Waals surface area contributed by atoms with Crippen LogP contribution >= 0.6 is 11.3 Å². The summed E-state index contributed by atoms with van der Waals surface area (Å²) >= 11 is 1.58. The molecule has 1 aliphatic rings. The van der Waals surface area contributed by atoms with Crippen LogP contribution in [0, 0.1) is 5.92 Å². The summed E-state index contributed by atoms with van der Waals surface area (Å²) in [5.74, 6) is 0.0944. The van der Waals surface area contributed by atoms with Crippen LogP contribution in [-0.2, 0) is 11.8 Å². The smallest absolute Gasteiger partial charge is 0.251 e. The highest BCUT2D eigenvalue weighted by atomic mass is 32.1. The lowest BCUT2D eigenvalue weighted by atomic mass is 9.93. The molecule has 0 aliphatic carbocycles. The molecule has 1 amide bonds. The molecule has 106 valence electrons. The van der Waals surface area contributed by atoms with E-state index in [1.54, 1.807) is 11.3 Å². The molecule has 3 rings (SSSR count). The highest BCUT2D eigenvalue weighted by Crippen LogP contribution is 2.18. The van der Waals surface area contributed by atoms with E-state index >= 15 is 0 Å². The fourth-order valence-corrected chi connectivity index (χ4v) is 3.75. The summed E-state index contributed by atoms with van der Waals surface area (Å²) in [6, 6.07) is 8.55. The second-order valence-corrected chi connectivity index (χ2v) is 6.45. The fourth-order valence-electron chi connectivity index (χ4n) is 2.73. The van der Waals surface area contributed by atoms with E-state index < -0.39 is 0 Å². The standard InChI is InChI=1S/C15H19N3OS/c1-10-9-11(7-8-16-10)14(19)17-15-18(2)12-5-3-4-6-13(12)20-15/h3-6,10-11,16H,7-9H2,1-2H3/t10-,11-/m0/s1. The van der Waals surface area contributed by atoms with E-state index in [0.29, 0.717) is 6.04 Å². The van der Waals surface area contributed by atoms with Gasteiger partial charge in [0, 0.05) is 19.0 Å². The minimum absolute atomic E-state index is 0.0282. The van der Waals surface area contributed by atoms with Gasteiger partial charge in [-0.15, -0.1) is 0 Å². The molecule has 5 heteroatoms. The molecule has 1 aromatic carbocycles. The van der Waals surface area contributed by atoms with Gasteiger partial charge in [-0.25, -0.2) is 0 Å². The molecule has 1 saturated heterocycles. The maximum absolute atomic E-state index is 12.3. The fraction of sp³-hybridized carbons (Fsp3) is 0.467. The van der Waals surface area contributed by atoms with Crippen molar-refractivity contribution >= 4 is 27.5 Å². The van der Waals surface area contributed by atoms with E-state index in [9.17, 15) is 4.79 Å². The summed E-state index contributed by atoms with van der Waals surface area (Å²) in [6.45, 7) is 3.03. The quantitative estimate of drug-likeness (QED) is 0.873. The number of rotatable bonds is 1. The molecule has 0 bridgehead atoms. The first-order valence-electron chi connectivity index (χ1n) is 7.01. The summed E-state index contributed by atoms with van der Waals surface area (Å²) in [6.07, 6.45) is 1.78. The van der Waals surface area contributed by atoms with Gasteiger partial charge in [-0.1, -0.05) is 23.5 Å². The lowest BCUT2D eigenvalue weighted by Gasteiger charge is -2.25. The Morgan fingerprint density at radius 3 is 3.00 bits per heavy atom. The van der Waals surface area contributed by atoms with E-state index in [0.717, 1.165) is 29.7 Å². The first-order valence-corrected chi connectivity index (χ1v) is 7.83. The number of fused-ring (bicyclic) bond motifs is 1. The van der Waals surface area contributed by atoms with Gasteiger partial charge in [0.05, 0.1) is 10.2 Å². The average Bonchev–Trinajstić information content (AvgIpc) is 2.76. The van der Waals surface area contributed by atoms with E-state index in [-0.39, 0.29) is 11.8 Å². The molecule has 0 saturated carbocycles. The van der Waals surface area contributed by atoms with Gasteiger partial charge in [0.25, 0.3) is 5.91 Å². The second kappa shape index (κ2) is 5.50. The van der Waals surface area contributed by atoms with Gasteiger partial charge < -0.3 is 9.88 Å². The van der Waals surface area contributed by atoms with Crippen LogP contribution in [-0.4, -0.2) is 23.1 Å². The van der Waals surface area contributed by atoms with Crippen molar-refractivity contribution in [3.63, 3.8) is 0 Å². The van der Waals surface area contributed by atoms with Crippen LogP contribution in [0.25, 0.3) is 10.2 Å². The number of thiazole rings is 1. The second-order valence-electron chi connectivity index (χ2n) is 5.44. The molecule has 0 radical (unpaired) electrons. The number of aryl methyl sites for hydroxylation is 1. The predicted octanol–water partition coefficient (Wildman–Crippen LogP) is 2.06. The van der Waals surface area contributed by atoms with Crippen molar-refractivity contribution in [1.82, 2.24) is 9.88 Å². The molecular formula is C15H19N3OS. The molecule has 1 aromatic heterocycles. The van der Waals surface area contributed by atoms with Crippen molar-refractivity contribution in [2.75, 3.05) is 6.54 Å². The molecule has 0 unspecified atom stereocenters. The number of para-hydroxylation sites is 1. The van der Waals surface area contributed by atoms with E-state index in [1.807, 2.05) is 23.7 Å². The average molecular weight is 289 g/mol. The van der Waals surface area contributed by atoms with Gasteiger partial charge in [-0.3, -0.25) is 4.79 Å². The topological polar surface area (TPSA) is 46.4 Å². The Morgan fingerprint density at radius 2 is 2.25 bits per heavy atom. The zero-order valence-corrected chi connectivity index (χ0v) is 12.6. The number of hydrogen-bond donors (Lipinski definition) is 1. The van der Waals surface area contributed by atoms with Crippen molar-refractivity contribution in [3.05, 3.63) is 29.1 Å². The summed E-state index contributed by atoms with van der Waals surface area (Å²) in [7, 11) is 1.97. The maximum atomic E-state index is 12.3. The highest BCUT2D eigenvalue weighted by Gasteiger charge is 2.24. The molecule has 0 spiro atoms. The Bertz CT molecular complexity index is 700. The van der Waals surface area contributed by atoms with Crippen molar-refractivity contribution in [2.45, 2.75) is 25.8 Å². The molecule has 2 heterocycles. The van der Waals surface area contributed by atoms with Gasteiger partial charge in [0.15, 0.2) is 4.80 Å². The van der Waals surface area contributed by atoms with Crippen LogP contribution in [0.3, 0.4) is 0 Å². The number of carbonyl (C=O) groups excluding carboxylic acids is 1. The van der Waals surface area contributed by atoms with E-state index in [4.69, 9.17) is 0 Å². The maximum Gasteiger partial charge on any atom is 0.251 e. The number of amides is 1. The zero-order chi connectivity index (χ0) is 14.1. The number of nitrogens with zero attached hydrogens (tertiary/aromatic N) is 2. The Hall–Kier alpha value is -1.46. The van der Waals surface area contributed by atoms with Crippen molar-refractivity contribution < 1.29 is 4.79 Å². The minimum Gasteiger partial charge on any atom is -0.319 e. The molecule has 2 atom stereocenters. The number of nitrogens with one attached hydrogen (secondary N) is 1. The van der Waals surface area contributed by atoms with Gasteiger partial charge in [0.2, 0.25) is 0 Å². The molecule has 4 nitrogen and oxygen atoms in total. The van der Waals surface area contributed by atoms with Crippen LogP contribution in [0.5, 0.6) is 0 Å². The largest absolute Gasteiger partial charge is 0.319 e. The van der Waals surface area contributed by atoms with Gasteiger partial charge in [-0.05, 0) is 38.4 Å². The lowest BCUT2D eigenvalue weighted by molar-refractivity contribution is -0.122. The van der Waals surface area contributed by atoms with Gasteiger partial charge in [0.1, 0.15) is 0 Å². The Balaban J connectivity index is 1.93. The zero-order valence-electron chi connectivity index (χ0n) is 11.8. The Kier molecular flexibility index (Phi) is 3.72. The number of piperidine rings is 1. The first-order chi connectivity index (χ1) is 9.65. The molecule has 1 aliphatic heterocycles. The Morgan fingerprint density at radius 1 is 1.45 bits per heavy atom. The van der Waals surface area contributed by atoms with E-state index in [1.165, 1.54) is 4.70 Å². The molecule has 2 aromatic rings. The first kappa shape index (κ1) is 13.5. The lowest BCUT2D eigenvalue weighted by Crippen LogP contribution is -2.38. The normalized spacial score (nSPS) is 24.2. The van der Waals surface area contributed by atoms with Crippen molar-refractivity contribution in [1.29, 1.82) is 0 Å². The van der Waals surface area contributed by atoms with Crippen LogP contribution < -0.4 is 10.1 Å². The van der Waals surface area contributed by atoms with E-state index in [2.05, 4.69) is 29.4 Å². The van der Waals surface area contributed by atoms with Crippen LogP contribution in [0.1, 0.15) is 19.8 Å². The number of aromatic nitrogens is 1. The molecular weight excluding hydrogens is 270 g/mol. The monoisotopic (exact) mass is 289 g/mol. The third-order valence-electron chi connectivity index (χ3n) is 3.89. The summed E-state index contributed by atoms with van der Waals surface area (Å²) in [4.78, 5) is 17.5. The van der Waals surface area contributed by atoms with Crippen LogP contribution in [0.4, 0.5) is 0 Å². The molecule has 1 fully saturated rings. The third kappa shape index (κ3) is 2.55. The third-order valence-corrected chi connectivity index (χ3v) is 5.01. The highest BCUT2D eigenvalue weighted by molar-refractivity contribution is 7.16. The number of hydrogen-bond acceptors (Lipinski definition) is 3. The van der Waals surface area contributed by atoms with Gasteiger partial charge in [-0.2, -0.15) is 4.99 Å². The SMILES string of the molecule is C[C@H]1C[C@@H](C(=O)N=c2sc3ccccc3n2C)CCN1. The van der Waals surface area contributed by atoms with Crippen LogP contribution in [0.15, 0.2) is 29.3 Å². The summed E-state index contributed by atoms with van der Waals surface area (Å²) < 4.78 is 3.17. The van der Waals surface area contributed by atoms with Gasteiger partial charge >= 0.3 is 0 Å². The molecule has 20 heavy (non-hydrogen) atoms. The van der Waals surface area contributed by atoms with Crippen LogP contribution in [0.2, 0.25) is 0 Å².